The van der Waals surface area contributed by atoms with Crippen LogP contribution in [-0.4, -0.2) is 20.7 Å². The molecule has 0 saturated heterocycles. The van der Waals surface area contributed by atoms with Gasteiger partial charge in [-0.05, 0) is 23.3 Å². The Morgan fingerprint density at radius 1 is 1.30 bits per heavy atom. The van der Waals surface area contributed by atoms with Gasteiger partial charge in [0, 0.05) is 29.0 Å². The molecule has 0 unspecified atom stereocenters. The molecule has 0 radical (unpaired) electrons. The Balaban J connectivity index is 1.72. The molecule has 0 saturated carbocycles. The van der Waals surface area contributed by atoms with E-state index in [1.165, 1.54) is 11.3 Å². The number of anilines is 1. The number of thiazole rings is 1. The molecule has 98 valence electrons. The van der Waals surface area contributed by atoms with Gasteiger partial charge < -0.3 is 5.32 Å². The number of aromatic nitrogens is 3. The first-order valence-corrected chi connectivity index (χ1v) is 7.05. The predicted molar refractivity (Wildman–Crippen MR) is 77.0 cm³/mol. The fourth-order valence-electron chi connectivity index (χ4n) is 2.31. The monoisotopic (exact) mass is 282 g/mol. The van der Waals surface area contributed by atoms with Gasteiger partial charge in [-0.25, -0.2) is 9.67 Å². The van der Waals surface area contributed by atoms with Gasteiger partial charge in [0.1, 0.15) is 0 Å². The van der Waals surface area contributed by atoms with Crippen LogP contribution in [-0.2, 0) is 11.2 Å². The molecule has 3 heterocycles. The minimum Gasteiger partial charge on any atom is -0.326 e. The first kappa shape index (κ1) is 11.4. The molecule has 1 N–H and O–H groups in total. The lowest BCUT2D eigenvalue weighted by molar-refractivity contribution is -0.115. The Labute approximate surface area is 118 Å². The lowest BCUT2D eigenvalue weighted by atomic mass is 10.0. The van der Waals surface area contributed by atoms with E-state index < -0.39 is 0 Å². The summed E-state index contributed by atoms with van der Waals surface area (Å²) in [6, 6.07) is 5.97. The molecule has 4 rings (SSSR count). The third-order valence-electron chi connectivity index (χ3n) is 3.26. The lowest BCUT2D eigenvalue weighted by Crippen LogP contribution is -2.03. The number of nitrogens with one attached hydrogen (secondary N) is 1. The van der Waals surface area contributed by atoms with Crippen molar-refractivity contribution < 1.29 is 4.79 Å². The van der Waals surface area contributed by atoms with Gasteiger partial charge in [0.25, 0.3) is 0 Å². The van der Waals surface area contributed by atoms with Gasteiger partial charge in [-0.3, -0.25) is 4.79 Å². The number of benzene rings is 1. The molecule has 6 heteroatoms. The van der Waals surface area contributed by atoms with E-state index in [-0.39, 0.29) is 5.91 Å². The molecular weight excluding hydrogens is 272 g/mol. The second-order valence-electron chi connectivity index (χ2n) is 4.59. The van der Waals surface area contributed by atoms with Crippen LogP contribution in [0, 0.1) is 0 Å². The van der Waals surface area contributed by atoms with Crippen LogP contribution in [0.3, 0.4) is 0 Å². The van der Waals surface area contributed by atoms with E-state index in [0.717, 1.165) is 27.5 Å². The summed E-state index contributed by atoms with van der Waals surface area (Å²) in [4.78, 5) is 15.6. The average molecular weight is 282 g/mol. The highest BCUT2D eigenvalue weighted by Crippen LogP contribution is 2.29. The molecule has 0 spiro atoms. The van der Waals surface area contributed by atoms with Crippen molar-refractivity contribution in [3.8, 4) is 16.3 Å². The number of fused-ring (bicyclic) bond motifs is 1. The van der Waals surface area contributed by atoms with Crippen LogP contribution in [0.1, 0.15) is 5.56 Å². The maximum Gasteiger partial charge on any atom is 0.228 e. The van der Waals surface area contributed by atoms with Gasteiger partial charge in [0.05, 0.1) is 12.6 Å². The van der Waals surface area contributed by atoms with Gasteiger partial charge in [-0.15, -0.1) is 11.3 Å². The Morgan fingerprint density at radius 3 is 3.10 bits per heavy atom. The van der Waals surface area contributed by atoms with E-state index in [1.54, 1.807) is 10.9 Å². The highest BCUT2D eigenvalue weighted by Gasteiger charge is 2.18. The highest BCUT2D eigenvalue weighted by atomic mass is 32.1. The fraction of sp³-hybridized carbons (Fsp3) is 0.0714. The van der Waals surface area contributed by atoms with Crippen molar-refractivity contribution >= 4 is 22.9 Å². The minimum absolute atomic E-state index is 0.0515. The van der Waals surface area contributed by atoms with Crippen LogP contribution in [0.5, 0.6) is 0 Å². The molecule has 0 aliphatic carbocycles. The quantitative estimate of drug-likeness (QED) is 0.785. The minimum atomic E-state index is 0.0515. The summed E-state index contributed by atoms with van der Waals surface area (Å²) >= 11 is 1.54. The average Bonchev–Trinajstić information content (AvgIpc) is 3.17. The maximum atomic E-state index is 11.4. The number of nitrogens with zero attached hydrogens (tertiary/aromatic N) is 3. The lowest BCUT2D eigenvalue weighted by Gasteiger charge is -2.01. The zero-order valence-electron chi connectivity index (χ0n) is 10.4. The van der Waals surface area contributed by atoms with Crippen molar-refractivity contribution in [2.75, 3.05) is 5.32 Å². The van der Waals surface area contributed by atoms with Crippen LogP contribution >= 0.6 is 11.3 Å². The smallest absolute Gasteiger partial charge is 0.228 e. The molecule has 0 atom stereocenters. The van der Waals surface area contributed by atoms with E-state index in [1.807, 2.05) is 36.0 Å². The van der Waals surface area contributed by atoms with Crippen LogP contribution in [0.2, 0.25) is 0 Å². The maximum absolute atomic E-state index is 11.4. The second-order valence-corrected chi connectivity index (χ2v) is 5.46. The molecule has 0 bridgehead atoms. The SMILES string of the molecule is O=C1Cc2cc(-c3cnn(-c4nccs4)c3)ccc2N1. The van der Waals surface area contributed by atoms with E-state index in [4.69, 9.17) is 0 Å². The van der Waals surface area contributed by atoms with E-state index in [9.17, 15) is 4.79 Å². The molecule has 0 fully saturated rings. The largest absolute Gasteiger partial charge is 0.326 e. The Morgan fingerprint density at radius 2 is 2.25 bits per heavy atom. The first-order valence-electron chi connectivity index (χ1n) is 6.17. The van der Waals surface area contributed by atoms with Crippen molar-refractivity contribution in [3.63, 3.8) is 0 Å². The standard InChI is InChI=1S/C14H10N4OS/c19-13-6-10-5-9(1-2-12(10)17-13)11-7-16-18(8-11)14-15-3-4-20-14/h1-5,7-8H,6H2,(H,17,19). The number of rotatable bonds is 2. The van der Waals surface area contributed by atoms with Crippen molar-refractivity contribution in [2.45, 2.75) is 6.42 Å². The third kappa shape index (κ3) is 1.81. The van der Waals surface area contributed by atoms with E-state index in [2.05, 4.69) is 15.4 Å². The van der Waals surface area contributed by atoms with E-state index in [0.29, 0.717) is 6.42 Å². The molecule has 1 aromatic carbocycles. The Bertz CT molecular complexity index is 791. The van der Waals surface area contributed by atoms with Crippen molar-refractivity contribution in [1.82, 2.24) is 14.8 Å². The summed E-state index contributed by atoms with van der Waals surface area (Å²) in [5.74, 6) is 0.0515. The van der Waals surface area contributed by atoms with Gasteiger partial charge >= 0.3 is 0 Å². The summed E-state index contributed by atoms with van der Waals surface area (Å²) in [6.07, 6.45) is 5.97. The zero-order chi connectivity index (χ0) is 13.5. The van der Waals surface area contributed by atoms with Gasteiger partial charge in [-0.1, -0.05) is 6.07 Å². The fourth-order valence-corrected chi connectivity index (χ4v) is 2.89. The molecule has 1 aliphatic rings. The molecular formula is C14H10N4OS. The number of carbonyl (C=O) groups excluding carboxylic acids is 1. The Hall–Kier alpha value is -2.47. The van der Waals surface area contributed by atoms with Gasteiger partial charge in [0.2, 0.25) is 11.0 Å². The van der Waals surface area contributed by atoms with Crippen LogP contribution in [0.25, 0.3) is 16.3 Å². The number of amides is 1. The summed E-state index contributed by atoms with van der Waals surface area (Å²) in [7, 11) is 0. The number of hydrogen-bond acceptors (Lipinski definition) is 4. The summed E-state index contributed by atoms with van der Waals surface area (Å²) < 4.78 is 1.76. The van der Waals surface area contributed by atoms with Crippen molar-refractivity contribution in [2.24, 2.45) is 0 Å². The zero-order valence-corrected chi connectivity index (χ0v) is 11.2. The summed E-state index contributed by atoms with van der Waals surface area (Å²) in [6.45, 7) is 0. The topological polar surface area (TPSA) is 59.8 Å². The molecule has 3 aromatic rings. The van der Waals surface area contributed by atoms with Crippen molar-refractivity contribution in [1.29, 1.82) is 0 Å². The molecule has 1 amide bonds. The first-order chi connectivity index (χ1) is 9.79. The number of carbonyl (C=O) groups is 1. The summed E-state index contributed by atoms with van der Waals surface area (Å²) in [5.41, 5.74) is 4.02. The predicted octanol–water partition coefficient (Wildman–Crippen LogP) is 2.49. The van der Waals surface area contributed by atoms with E-state index >= 15 is 0 Å². The Kier molecular flexibility index (Phi) is 2.43. The number of hydrogen-bond donors (Lipinski definition) is 1. The molecule has 2 aromatic heterocycles. The third-order valence-corrected chi connectivity index (χ3v) is 4.02. The summed E-state index contributed by atoms with van der Waals surface area (Å²) in [5, 5.41) is 9.92. The van der Waals surface area contributed by atoms with Gasteiger partial charge in [0.15, 0.2) is 0 Å². The second kappa shape index (κ2) is 4.28. The van der Waals surface area contributed by atoms with Crippen LogP contribution < -0.4 is 5.32 Å². The normalized spacial score (nSPS) is 13.3. The van der Waals surface area contributed by atoms with Crippen LogP contribution in [0.4, 0.5) is 5.69 Å². The molecule has 5 nitrogen and oxygen atoms in total. The van der Waals surface area contributed by atoms with Crippen molar-refractivity contribution in [3.05, 3.63) is 47.7 Å². The highest BCUT2D eigenvalue weighted by molar-refractivity contribution is 7.12. The molecule has 1 aliphatic heterocycles. The molecule has 20 heavy (non-hydrogen) atoms. The van der Waals surface area contributed by atoms with Gasteiger partial charge in [-0.2, -0.15) is 5.10 Å². The van der Waals surface area contributed by atoms with Crippen LogP contribution in [0.15, 0.2) is 42.2 Å².